The zero-order chi connectivity index (χ0) is 39.3. The lowest BCUT2D eigenvalue weighted by molar-refractivity contribution is -0.145. The molecule has 4 rings (SSSR count). The van der Waals surface area contributed by atoms with Gasteiger partial charge in [0.2, 0.25) is 11.9 Å². The largest absolute Gasteiger partial charge is 0.538 e. The number of carboxylic acids is 2. The molecule has 2 aromatic heterocycles. The van der Waals surface area contributed by atoms with Crippen molar-refractivity contribution in [2.75, 3.05) is 23.8 Å². The number of anilines is 2. The maximum absolute atomic E-state index is 13.3. The molecule has 54 heavy (non-hydrogen) atoms. The Morgan fingerprint density at radius 1 is 1.06 bits per heavy atom. The number of ketones is 1. The lowest BCUT2D eigenvalue weighted by Crippen LogP contribution is -2.48. The highest BCUT2D eigenvalue weighted by atomic mass is 31.2. The number of hydrogen-bond donors (Lipinski definition) is 6. The molecule has 1 unspecified atom stereocenters. The molecular formula is C34H40N7O12P. The lowest BCUT2D eigenvalue weighted by Gasteiger charge is -2.38. The van der Waals surface area contributed by atoms with E-state index in [1.165, 1.54) is 18.3 Å². The van der Waals surface area contributed by atoms with Gasteiger partial charge in [-0.05, 0) is 63.3 Å². The average Bonchev–Trinajstić information content (AvgIpc) is 3.10. The average molecular weight is 770 g/mol. The minimum atomic E-state index is -3.84. The molecule has 1 aromatic carbocycles. The molecule has 2 amide bonds. The number of nitrogens with one attached hydrogen (secondary N) is 4. The van der Waals surface area contributed by atoms with Crippen LogP contribution in [-0.4, -0.2) is 78.9 Å². The second kappa shape index (κ2) is 18.9. The molecule has 288 valence electrons. The molecule has 0 radical (unpaired) electrons. The van der Waals surface area contributed by atoms with E-state index < -0.39 is 55.0 Å². The van der Waals surface area contributed by atoms with E-state index in [0.29, 0.717) is 49.9 Å². The number of aromatic amines is 1. The molecule has 3 aromatic rings. The number of hydrogen-bond acceptors (Lipinski definition) is 14. The predicted octanol–water partition coefficient (Wildman–Crippen LogP) is 3.38. The molecule has 19 nitrogen and oxygen atoms in total. The van der Waals surface area contributed by atoms with Crippen molar-refractivity contribution in [3.8, 4) is 12.5 Å². The normalized spacial score (nSPS) is 14.7. The maximum atomic E-state index is 13.3. The van der Waals surface area contributed by atoms with E-state index in [4.69, 9.17) is 20.6 Å². The summed E-state index contributed by atoms with van der Waals surface area (Å²) in [7, 11) is -3.84. The number of unbranched alkanes of at least 4 members (excludes halogenated alkanes) is 2. The first-order valence-corrected chi connectivity index (χ1v) is 18.5. The Kier molecular flexibility index (Phi) is 14.4. The van der Waals surface area contributed by atoms with E-state index in [2.05, 4.69) is 40.4 Å². The molecule has 1 fully saturated rings. The van der Waals surface area contributed by atoms with E-state index >= 15 is 0 Å². The standard InChI is InChI=1S/C34H40N7O12P/c1-3-51-54(50,52-4-2)53-18-7-5-6-9-25(42)34(16-8-17-34)32(49)41-33-39-28-27(30(46)40-33)37-23(20-36-28)19-35-22-12-10-21(11-13-22)29(45)38-24(31(47)48)14-15-26(43)44/h1,10-13,20,24,35H,4-9,14-19H2,2H3,(H,38,45)(H,43,44)(H,47,48)(H2,36,39,40,41,46,49)/t24-,54?/m1/s1. The lowest BCUT2D eigenvalue weighted by atomic mass is 9.64. The summed E-state index contributed by atoms with van der Waals surface area (Å²) >= 11 is 0. The van der Waals surface area contributed by atoms with Crippen LogP contribution in [0.1, 0.15) is 80.8 Å². The Morgan fingerprint density at radius 2 is 1.80 bits per heavy atom. The quantitative estimate of drug-likeness (QED) is 0.0370. The molecule has 1 saturated carbocycles. The number of phosphoric acid groups is 1. The fourth-order valence-corrected chi connectivity index (χ4v) is 6.46. The zero-order valence-electron chi connectivity index (χ0n) is 29.3. The van der Waals surface area contributed by atoms with Crippen LogP contribution in [0.3, 0.4) is 0 Å². The van der Waals surface area contributed by atoms with E-state index in [1.54, 1.807) is 25.2 Å². The van der Waals surface area contributed by atoms with Gasteiger partial charge in [-0.15, -0.1) is 0 Å². The van der Waals surface area contributed by atoms with Gasteiger partial charge in [-0.25, -0.2) is 19.3 Å². The maximum Gasteiger partial charge on any atom is 0.538 e. The summed E-state index contributed by atoms with van der Waals surface area (Å²) in [5.41, 5.74) is -0.948. The molecule has 1 aliphatic rings. The van der Waals surface area contributed by atoms with Gasteiger partial charge in [0, 0.05) is 24.1 Å². The minimum absolute atomic E-state index is 0.0334. The number of carboxylic acid groups (broad SMARTS) is 2. The number of phosphoric ester groups is 1. The molecular weight excluding hydrogens is 729 g/mol. The van der Waals surface area contributed by atoms with Gasteiger partial charge in [-0.1, -0.05) is 19.3 Å². The third kappa shape index (κ3) is 10.9. The Balaban J connectivity index is 1.29. The van der Waals surface area contributed by atoms with Crippen LogP contribution in [0.4, 0.5) is 11.6 Å². The number of amides is 2. The number of fused-ring (bicyclic) bond motifs is 1. The molecule has 1 aliphatic carbocycles. The molecule has 20 heteroatoms. The summed E-state index contributed by atoms with van der Waals surface area (Å²) in [5, 5.41) is 26.0. The molecule has 6 N–H and O–H groups in total. The highest BCUT2D eigenvalue weighted by Crippen LogP contribution is 2.49. The van der Waals surface area contributed by atoms with Gasteiger partial charge in [0.15, 0.2) is 11.2 Å². The Hall–Kier alpha value is -5.70. The van der Waals surface area contributed by atoms with Gasteiger partial charge >= 0.3 is 19.8 Å². The topological polar surface area (TPSA) is 278 Å². The molecule has 2 heterocycles. The number of nitrogens with zero attached hydrogens (tertiary/aromatic N) is 3. The molecule has 0 spiro atoms. The van der Waals surface area contributed by atoms with Crippen molar-refractivity contribution in [2.24, 2.45) is 5.41 Å². The number of aromatic nitrogens is 4. The smallest absolute Gasteiger partial charge is 0.481 e. The van der Waals surface area contributed by atoms with Crippen molar-refractivity contribution < 1.29 is 52.3 Å². The second-order valence-corrected chi connectivity index (χ2v) is 13.8. The summed E-state index contributed by atoms with van der Waals surface area (Å²) in [6, 6.07) is 4.67. The molecule has 2 atom stereocenters. The third-order valence-electron chi connectivity index (χ3n) is 8.50. The van der Waals surface area contributed by atoms with Crippen LogP contribution in [-0.2, 0) is 43.9 Å². The van der Waals surface area contributed by atoms with Crippen molar-refractivity contribution in [3.05, 3.63) is 52.1 Å². The summed E-state index contributed by atoms with van der Waals surface area (Å²) < 4.78 is 27.0. The highest BCUT2D eigenvalue weighted by molar-refractivity contribution is 7.48. The monoisotopic (exact) mass is 769 g/mol. The Bertz CT molecular complexity index is 2010. The van der Waals surface area contributed by atoms with Gasteiger partial charge < -0.3 is 25.4 Å². The van der Waals surface area contributed by atoms with E-state index in [9.17, 15) is 38.4 Å². The van der Waals surface area contributed by atoms with Crippen LogP contribution in [0.2, 0.25) is 0 Å². The van der Waals surface area contributed by atoms with Gasteiger partial charge in [0.25, 0.3) is 11.5 Å². The number of benzene rings is 1. The van der Waals surface area contributed by atoms with Crippen molar-refractivity contribution in [1.29, 1.82) is 0 Å². The summed E-state index contributed by atoms with van der Waals surface area (Å²) in [4.78, 5) is 89.4. The second-order valence-electron chi connectivity index (χ2n) is 12.2. The minimum Gasteiger partial charge on any atom is -0.481 e. The van der Waals surface area contributed by atoms with Crippen LogP contribution in [0.15, 0.2) is 35.3 Å². The van der Waals surface area contributed by atoms with Crippen LogP contribution in [0, 0.1) is 17.9 Å². The number of carbonyl (C=O) groups is 5. The first kappa shape index (κ1) is 41.1. The molecule has 0 aliphatic heterocycles. The summed E-state index contributed by atoms with van der Waals surface area (Å²) in [6.07, 6.45) is 10.5. The number of rotatable bonds is 22. The van der Waals surface area contributed by atoms with E-state index in [-0.39, 0.29) is 61.1 Å². The van der Waals surface area contributed by atoms with E-state index in [1.807, 2.05) is 0 Å². The van der Waals surface area contributed by atoms with Gasteiger partial charge in [0.05, 0.1) is 31.6 Å². The Labute approximate surface area is 308 Å². The van der Waals surface area contributed by atoms with E-state index in [0.717, 1.165) is 0 Å². The third-order valence-corrected chi connectivity index (χ3v) is 9.90. The van der Waals surface area contributed by atoms with Crippen LogP contribution >= 0.6 is 7.82 Å². The SMILES string of the molecule is C#COP(=O)(OCC)OCCCCCC(=O)C1(C(=O)Nc2nc3ncc(CNc4ccc(C(=O)N[C@H](CCC(=O)O)C(=O)O)cc4)nc3c(=O)[nH]2)CCC1. The zero-order valence-corrected chi connectivity index (χ0v) is 30.2. The molecule has 0 saturated heterocycles. The number of carbonyl (C=O) groups excluding carboxylic acids is 3. The molecule has 0 bridgehead atoms. The van der Waals surface area contributed by atoms with Crippen molar-refractivity contribution in [1.82, 2.24) is 25.3 Å². The first-order valence-electron chi connectivity index (χ1n) is 17.0. The van der Waals surface area contributed by atoms with Crippen LogP contribution in [0.5, 0.6) is 0 Å². The fourth-order valence-electron chi connectivity index (χ4n) is 5.48. The fraction of sp³-hybridized carbons (Fsp3) is 0.441. The Morgan fingerprint density at radius 3 is 2.43 bits per heavy atom. The number of aliphatic carboxylic acids is 2. The van der Waals surface area contributed by atoms with Crippen LogP contribution < -0.4 is 21.5 Å². The van der Waals surface area contributed by atoms with Gasteiger partial charge in [-0.3, -0.25) is 43.3 Å². The summed E-state index contributed by atoms with van der Waals surface area (Å²) in [5.74, 6) is -4.20. The first-order chi connectivity index (χ1) is 25.8. The predicted molar refractivity (Wildman–Crippen MR) is 191 cm³/mol. The summed E-state index contributed by atoms with van der Waals surface area (Å²) in [6.45, 7) is 1.86. The number of terminal acetylenes is 1. The van der Waals surface area contributed by atoms with Gasteiger partial charge in [0.1, 0.15) is 23.3 Å². The van der Waals surface area contributed by atoms with Crippen molar-refractivity contribution in [2.45, 2.75) is 77.3 Å². The number of H-pyrrole nitrogens is 1. The van der Waals surface area contributed by atoms with Crippen LogP contribution in [0.25, 0.3) is 11.2 Å². The van der Waals surface area contributed by atoms with Crippen molar-refractivity contribution in [3.63, 3.8) is 0 Å². The highest BCUT2D eigenvalue weighted by Gasteiger charge is 2.50. The van der Waals surface area contributed by atoms with Gasteiger partial charge in [-0.2, -0.15) is 4.98 Å². The number of Topliss-reactive ketones (excluding diaryl/α,β-unsaturated/α-hetero) is 1. The van der Waals surface area contributed by atoms with Crippen molar-refractivity contribution >= 4 is 60.2 Å².